The highest BCUT2D eigenvalue weighted by molar-refractivity contribution is 9.10. The quantitative estimate of drug-likeness (QED) is 0.160. The lowest BCUT2D eigenvalue weighted by Gasteiger charge is -2.13. The number of aromatic nitrogens is 2. The first-order chi connectivity index (χ1) is 19.9. The van der Waals surface area contributed by atoms with Gasteiger partial charge < -0.3 is 13.9 Å². The smallest absolute Gasteiger partial charge is 0.282 e. The van der Waals surface area contributed by atoms with E-state index in [1.807, 2.05) is 30.3 Å². The van der Waals surface area contributed by atoms with Crippen molar-refractivity contribution >= 4 is 59.9 Å². The zero-order valence-electron chi connectivity index (χ0n) is 21.5. The van der Waals surface area contributed by atoms with Crippen molar-refractivity contribution in [1.29, 1.82) is 0 Å². The summed E-state index contributed by atoms with van der Waals surface area (Å²) in [4.78, 5) is 18.3. The van der Waals surface area contributed by atoms with Crippen LogP contribution in [0.3, 0.4) is 0 Å². The molecule has 0 fully saturated rings. The highest BCUT2D eigenvalue weighted by Gasteiger charge is 2.17. The zero-order valence-corrected chi connectivity index (χ0v) is 24.6. The second-order valence-electron chi connectivity index (χ2n) is 9.05. The van der Waals surface area contributed by atoms with E-state index < -0.39 is 0 Å². The topological polar surface area (TPSA) is 78.9 Å². The van der Waals surface area contributed by atoms with Crippen molar-refractivity contribution in [3.63, 3.8) is 0 Å². The molecule has 0 N–H and O–H groups in total. The molecule has 0 aliphatic rings. The number of rotatable bonds is 7. The molecule has 0 saturated heterocycles. The predicted molar refractivity (Wildman–Crippen MR) is 163 cm³/mol. The van der Waals surface area contributed by atoms with Gasteiger partial charge in [-0.15, -0.1) is 0 Å². The highest BCUT2D eigenvalue weighted by Crippen LogP contribution is 2.34. The van der Waals surface area contributed by atoms with Gasteiger partial charge in [-0.2, -0.15) is 9.78 Å². The van der Waals surface area contributed by atoms with Crippen LogP contribution >= 0.6 is 31.9 Å². The number of hydrogen-bond donors (Lipinski definition) is 0. The third-order valence-electron chi connectivity index (χ3n) is 6.33. The molecule has 0 bridgehead atoms. The van der Waals surface area contributed by atoms with Crippen molar-refractivity contribution in [3.8, 4) is 23.1 Å². The van der Waals surface area contributed by atoms with Crippen molar-refractivity contribution < 1.29 is 18.3 Å². The summed E-state index contributed by atoms with van der Waals surface area (Å²) in [6.07, 6.45) is 1.53. The first-order valence-electron chi connectivity index (χ1n) is 12.4. The van der Waals surface area contributed by atoms with Gasteiger partial charge >= 0.3 is 0 Å². The summed E-state index contributed by atoms with van der Waals surface area (Å²) in [5, 5.41) is 5.82. The van der Waals surface area contributed by atoms with Crippen LogP contribution in [0.5, 0.6) is 11.5 Å². The molecular formula is C31H20Br2FN3O4. The lowest BCUT2D eigenvalue weighted by Crippen LogP contribution is -2.20. The van der Waals surface area contributed by atoms with Gasteiger partial charge in [0.15, 0.2) is 17.3 Å². The summed E-state index contributed by atoms with van der Waals surface area (Å²) in [6, 6.07) is 24.2. The van der Waals surface area contributed by atoms with Crippen LogP contribution in [0.15, 0.2) is 108 Å². The molecule has 0 aliphatic carbocycles. The van der Waals surface area contributed by atoms with Crippen LogP contribution in [0, 0.1) is 5.82 Å². The molecule has 0 atom stereocenters. The molecule has 10 heteroatoms. The van der Waals surface area contributed by atoms with E-state index in [1.54, 1.807) is 42.5 Å². The Morgan fingerprint density at radius 2 is 1.85 bits per heavy atom. The van der Waals surface area contributed by atoms with Gasteiger partial charge in [0.2, 0.25) is 5.82 Å². The number of ether oxygens (including phenoxy) is 2. The number of halogens is 3. The SMILES string of the molecule is COc1cc(C=Nn2c(-c3cc4cc(Br)ccc4o3)nc3ccccc3c2=O)c(Br)cc1OCc1cccc(F)c1. The fraction of sp³-hybridized carbons (Fsp3) is 0.0645. The Morgan fingerprint density at radius 3 is 2.68 bits per heavy atom. The molecule has 0 amide bonds. The van der Waals surface area contributed by atoms with Gasteiger partial charge in [-0.05, 0) is 82.2 Å². The van der Waals surface area contributed by atoms with Gasteiger partial charge in [0.1, 0.15) is 18.0 Å². The number of furan rings is 1. The number of benzene rings is 4. The summed E-state index contributed by atoms with van der Waals surface area (Å²) in [7, 11) is 1.52. The minimum Gasteiger partial charge on any atom is -0.493 e. The Balaban J connectivity index is 1.40. The van der Waals surface area contributed by atoms with Gasteiger partial charge in [0.25, 0.3) is 5.56 Å². The zero-order chi connectivity index (χ0) is 28.5. The van der Waals surface area contributed by atoms with Gasteiger partial charge in [0, 0.05) is 19.9 Å². The van der Waals surface area contributed by atoms with Gasteiger partial charge in [-0.3, -0.25) is 4.79 Å². The van der Waals surface area contributed by atoms with Crippen LogP contribution in [0.4, 0.5) is 4.39 Å². The van der Waals surface area contributed by atoms with Crippen molar-refractivity contribution in [1.82, 2.24) is 9.66 Å². The molecule has 0 radical (unpaired) electrons. The number of methoxy groups -OCH3 is 1. The molecule has 204 valence electrons. The number of nitrogens with zero attached hydrogens (tertiary/aromatic N) is 3. The van der Waals surface area contributed by atoms with E-state index in [4.69, 9.17) is 18.9 Å². The number of para-hydroxylation sites is 1. The summed E-state index contributed by atoms with van der Waals surface area (Å²) in [6.45, 7) is 0.156. The second kappa shape index (κ2) is 11.3. The normalized spacial score (nSPS) is 11.5. The molecule has 6 aromatic rings. The Labute approximate surface area is 250 Å². The maximum atomic E-state index is 13.6. The number of hydrogen-bond acceptors (Lipinski definition) is 6. The second-order valence-corrected chi connectivity index (χ2v) is 10.8. The van der Waals surface area contributed by atoms with Crippen LogP contribution in [0.2, 0.25) is 0 Å². The fourth-order valence-corrected chi connectivity index (χ4v) is 5.15. The van der Waals surface area contributed by atoms with E-state index in [9.17, 15) is 9.18 Å². The third-order valence-corrected chi connectivity index (χ3v) is 7.51. The minimum absolute atomic E-state index is 0.156. The third kappa shape index (κ3) is 5.53. The lowest BCUT2D eigenvalue weighted by molar-refractivity contribution is 0.284. The van der Waals surface area contributed by atoms with Crippen molar-refractivity contribution in [2.24, 2.45) is 5.10 Å². The summed E-state index contributed by atoms with van der Waals surface area (Å²) >= 11 is 7.04. The Hall–Kier alpha value is -4.28. The molecule has 0 saturated carbocycles. The van der Waals surface area contributed by atoms with E-state index in [-0.39, 0.29) is 23.8 Å². The first kappa shape index (κ1) is 26.9. The van der Waals surface area contributed by atoms with Gasteiger partial charge in [-0.1, -0.05) is 40.2 Å². The van der Waals surface area contributed by atoms with Gasteiger partial charge in [-0.25, -0.2) is 9.37 Å². The molecule has 41 heavy (non-hydrogen) atoms. The standard InChI is InChI=1S/C31H20Br2FN3O4/c1-39-27-14-20(24(33)15-28(27)40-17-18-5-4-6-22(34)11-18)16-35-37-30(36-25-8-3-2-7-23(25)31(37)38)29-13-19-12-21(32)9-10-26(19)41-29/h2-16H,17H2,1H3. The molecule has 0 unspecified atom stereocenters. The Morgan fingerprint density at radius 1 is 1.00 bits per heavy atom. The van der Waals surface area contributed by atoms with Crippen molar-refractivity contribution in [2.45, 2.75) is 6.61 Å². The molecule has 2 heterocycles. The summed E-state index contributed by atoms with van der Waals surface area (Å²) in [5.41, 5.74) is 2.15. The average molecular weight is 677 g/mol. The molecule has 6 rings (SSSR count). The molecule has 0 aliphatic heterocycles. The average Bonchev–Trinajstić information content (AvgIpc) is 3.39. The summed E-state index contributed by atoms with van der Waals surface area (Å²) < 4.78 is 33.8. The lowest BCUT2D eigenvalue weighted by atomic mass is 10.2. The molecule has 7 nitrogen and oxygen atoms in total. The summed E-state index contributed by atoms with van der Waals surface area (Å²) in [5.74, 6) is 1.22. The van der Waals surface area contributed by atoms with Crippen LogP contribution in [-0.2, 0) is 6.61 Å². The maximum absolute atomic E-state index is 13.6. The maximum Gasteiger partial charge on any atom is 0.282 e. The van der Waals surface area contributed by atoms with E-state index in [1.165, 1.54) is 30.1 Å². The minimum atomic E-state index is -0.346. The van der Waals surface area contributed by atoms with Crippen molar-refractivity contribution in [2.75, 3.05) is 7.11 Å². The molecule has 0 spiro atoms. The van der Waals surface area contributed by atoms with Crippen molar-refractivity contribution in [3.05, 3.63) is 121 Å². The van der Waals surface area contributed by atoms with E-state index in [0.29, 0.717) is 49.3 Å². The highest BCUT2D eigenvalue weighted by atomic mass is 79.9. The monoisotopic (exact) mass is 675 g/mol. The Kier molecular flexibility index (Phi) is 7.42. The van der Waals surface area contributed by atoms with Crippen LogP contribution in [0.25, 0.3) is 33.5 Å². The predicted octanol–water partition coefficient (Wildman–Crippen LogP) is 7.94. The van der Waals surface area contributed by atoms with E-state index in [2.05, 4.69) is 37.0 Å². The fourth-order valence-electron chi connectivity index (χ4n) is 4.34. The van der Waals surface area contributed by atoms with Gasteiger partial charge in [0.05, 0.1) is 24.2 Å². The van der Waals surface area contributed by atoms with Crippen LogP contribution in [0.1, 0.15) is 11.1 Å². The Bertz CT molecular complexity index is 2020. The van der Waals surface area contributed by atoms with Crippen LogP contribution in [-0.4, -0.2) is 23.0 Å². The largest absolute Gasteiger partial charge is 0.493 e. The molecular weight excluding hydrogens is 657 g/mol. The van der Waals surface area contributed by atoms with E-state index >= 15 is 0 Å². The molecule has 2 aromatic heterocycles. The van der Waals surface area contributed by atoms with E-state index in [0.717, 1.165) is 9.86 Å². The first-order valence-corrected chi connectivity index (χ1v) is 14.0. The number of fused-ring (bicyclic) bond motifs is 2. The molecule has 4 aromatic carbocycles. The van der Waals surface area contributed by atoms with Crippen LogP contribution < -0.4 is 15.0 Å².